The van der Waals surface area contributed by atoms with Gasteiger partial charge in [-0.25, -0.2) is 0 Å². The van der Waals surface area contributed by atoms with E-state index in [4.69, 9.17) is 5.73 Å². The molecule has 94 valence electrons. The Bertz CT molecular complexity index is 468. The van der Waals surface area contributed by atoms with Crippen LogP contribution in [0.15, 0.2) is 54.6 Å². The predicted molar refractivity (Wildman–Crippen MR) is 85.6 cm³/mol. The van der Waals surface area contributed by atoms with E-state index in [1.807, 2.05) is 6.07 Å². The predicted octanol–water partition coefficient (Wildman–Crippen LogP) is 3.79. The summed E-state index contributed by atoms with van der Waals surface area (Å²) in [6, 6.07) is 19.1. The number of hydrogen-bond donors (Lipinski definition) is 2. The standard InChI is InChI=1S/C15H17IN2/c16-13-6-8-14(9-7-13)18-15(10-11-17)12-4-2-1-3-5-12/h1-9,15,18H,10-11,17H2. The lowest BCUT2D eigenvalue weighted by atomic mass is 10.0. The third kappa shape index (κ3) is 3.71. The summed E-state index contributed by atoms with van der Waals surface area (Å²) in [5.74, 6) is 0. The summed E-state index contributed by atoms with van der Waals surface area (Å²) in [4.78, 5) is 0. The van der Waals surface area contributed by atoms with Gasteiger partial charge >= 0.3 is 0 Å². The van der Waals surface area contributed by atoms with Crippen LogP contribution in [-0.4, -0.2) is 6.54 Å². The van der Waals surface area contributed by atoms with Crippen molar-refractivity contribution in [1.82, 2.24) is 0 Å². The van der Waals surface area contributed by atoms with Gasteiger partial charge in [-0.05, 0) is 65.4 Å². The highest BCUT2D eigenvalue weighted by molar-refractivity contribution is 14.1. The summed E-state index contributed by atoms with van der Waals surface area (Å²) in [6.45, 7) is 0.678. The Labute approximate surface area is 122 Å². The Morgan fingerprint density at radius 3 is 2.28 bits per heavy atom. The highest BCUT2D eigenvalue weighted by Gasteiger charge is 2.09. The van der Waals surface area contributed by atoms with Crippen molar-refractivity contribution in [3.63, 3.8) is 0 Å². The normalized spacial score (nSPS) is 12.1. The molecule has 0 aliphatic rings. The molecule has 0 aliphatic heterocycles. The van der Waals surface area contributed by atoms with Crippen molar-refractivity contribution in [2.45, 2.75) is 12.5 Å². The fourth-order valence-electron chi connectivity index (χ4n) is 1.92. The summed E-state index contributed by atoms with van der Waals surface area (Å²) in [7, 11) is 0. The topological polar surface area (TPSA) is 38.0 Å². The lowest BCUT2D eigenvalue weighted by Crippen LogP contribution is -2.15. The van der Waals surface area contributed by atoms with E-state index >= 15 is 0 Å². The minimum atomic E-state index is 0.274. The number of rotatable bonds is 5. The second-order valence-corrected chi connectivity index (χ2v) is 5.44. The number of hydrogen-bond acceptors (Lipinski definition) is 2. The van der Waals surface area contributed by atoms with Crippen molar-refractivity contribution in [1.29, 1.82) is 0 Å². The Morgan fingerprint density at radius 1 is 1.00 bits per heavy atom. The Morgan fingerprint density at radius 2 is 1.67 bits per heavy atom. The molecule has 2 rings (SSSR count). The molecule has 3 heteroatoms. The number of anilines is 1. The Hall–Kier alpha value is -1.07. The molecule has 0 bridgehead atoms. The average Bonchev–Trinajstić information content (AvgIpc) is 2.42. The summed E-state index contributed by atoms with van der Waals surface area (Å²) in [5.41, 5.74) is 8.12. The lowest BCUT2D eigenvalue weighted by Gasteiger charge is -2.19. The molecular weight excluding hydrogens is 335 g/mol. The lowest BCUT2D eigenvalue weighted by molar-refractivity contribution is 0.704. The maximum atomic E-state index is 5.70. The van der Waals surface area contributed by atoms with Crippen LogP contribution in [0.5, 0.6) is 0 Å². The Kier molecular flexibility index (Phi) is 5.01. The second-order valence-electron chi connectivity index (χ2n) is 4.19. The van der Waals surface area contributed by atoms with E-state index in [1.165, 1.54) is 9.13 Å². The van der Waals surface area contributed by atoms with Gasteiger partial charge in [0, 0.05) is 9.26 Å². The molecule has 0 fully saturated rings. The van der Waals surface area contributed by atoms with Gasteiger partial charge in [0.1, 0.15) is 0 Å². The molecule has 2 aromatic carbocycles. The van der Waals surface area contributed by atoms with Crippen molar-refractivity contribution in [2.24, 2.45) is 5.73 Å². The quantitative estimate of drug-likeness (QED) is 0.804. The van der Waals surface area contributed by atoms with Gasteiger partial charge in [-0.15, -0.1) is 0 Å². The van der Waals surface area contributed by atoms with Crippen LogP contribution in [-0.2, 0) is 0 Å². The first-order valence-electron chi connectivity index (χ1n) is 6.06. The molecule has 0 saturated heterocycles. The molecule has 0 saturated carbocycles. The largest absolute Gasteiger partial charge is 0.378 e. The maximum absolute atomic E-state index is 5.70. The molecule has 1 unspecified atom stereocenters. The fourth-order valence-corrected chi connectivity index (χ4v) is 2.28. The molecule has 2 nitrogen and oxygen atoms in total. The maximum Gasteiger partial charge on any atom is 0.0525 e. The molecule has 3 N–H and O–H groups in total. The molecule has 18 heavy (non-hydrogen) atoms. The molecule has 0 aliphatic carbocycles. The average molecular weight is 352 g/mol. The summed E-state index contributed by atoms with van der Waals surface area (Å²) in [6.07, 6.45) is 0.927. The van der Waals surface area contributed by atoms with Gasteiger partial charge in [-0.1, -0.05) is 30.3 Å². The van der Waals surface area contributed by atoms with Gasteiger partial charge in [0.05, 0.1) is 6.04 Å². The van der Waals surface area contributed by atoms with Crippen molar-refractivity contribution in [3.05, 3.63) is 63.7 Å². The number of nitrogens with two attached hydrogens (primary N) is 1. The first kappa shape index (κ1) is 13.4. The second kappa shape index (κ2) is 6.75. The zero-order chi connectivity index (χ0) is 12.8. The summed E-state index contributed by atoms with van der Waals surface area (Å²) >= 11 is 2.31. The SMILES string of the molecule is NCCC(Nc1ccc(I)cc1)c1ccccc1. The molecular formula is C15H17IN2. The van der Waals surface area contributed by atoms with Gasteiger partial charge in [-0.2, -0.15) is 0 Å². The minimum Gasteiger partial charge on any atom is -0.378 e. The molecule has 0 heterocycles. The van der Waals surface area contributed by atoms with E-state index in [9.17, 15) is 0 Å². The third-order valence-corrected chi connectivity index (χ3v) is 3.56. The molecule has 2 aromatic rings. The van der Waals surface area contributed by atoms with Crippen LogP contribution in [0.25, 0.3) is 0 Å². The van der Waals surface area contributed by atoms with Gasteiger partial charge in [0.2, 0.25) is 0 Å². The first-order chi connectivity index (χ1) is 8.79. The van der Waals surface area contributed by atoms with E-state index in [0.29, 0.717) is 6.54 Å². The van der Waals surface area contributed by atoms with Crippen LogP contribution in [0, 0.1) is 3.57 Å². The number of nitrogens with one attached hydrogen (secondary N) is 1. The zero-order valence-corrected chi connectivity index (χ0v) is 12.3. The Balaban J connectivity index is 2.14. The van der Waals surface area contributed by atoms with Crippen LogP contribution in [0.3, 0.4) is 0 Å². The van der Waals surface area contributed by atoms with Crippen molar-refractivity contribution < 1.29 is 0 Å². The molecule has 0 amide bonds. The van der Waals surface area contributed by atoms with Crippen molar-refractivity contribution >= 4 is 28.3 Å². The van der Waals surface area contributed by atoms with Crippen LogP contribution < -0.4 is 11.1 Å². The van der Waals surface area contributed by atoms with Gasteiger partial charge < -0.3 is 11.1 Å². The van der Waals surface area contributed by atoms with Crippen molar-refractivity contribution in [3.8, 4) is 0 Å². The number of halogens is 1. The third-order valence-electron chi connectivity index (χ3n) is 2.84. The van der Waals surface area contributed by atoms with E-state index in [2.05, 4.69) is 76.4 Å². The van der Waals surface area contributed by atoms with E-state index < -0.39 is 0 Å². The van der Waals surface area contributed by atoms with Gasteiger partial charge in [0.15, 0.2) is 0 Å². The van der Waals surface area contributed by atoms with E-state index in [-0.39, 0.29) is 6.04 Å². The van der Waals surface area contributed by atoms with Crippen LogP contribution in [0.1, 0.15) is 18.0 Å². The first-order valence-corrected chi connectivity index (χ1v) is 7.14. The smallest absolute Gasteiger partial charge is 0.0525 e. The molecule has 0 spiro atoms. The molecule has 0 aromatic heterocycles. The summed E-state index contributed by atoms with van der Waals surface area (Å²) < 4.78 is 1.24. The summed E-state index contributed by atoms with van der Waals surface area (Å²) in [5, 5.41) is 3.54. The van der Waals surface area contributed by atoms with Gasteiger partial charge in [-0.3, -0.25) is 0 Å². The minimum absolute atomic E-state index is 0.274. The zero-order valence-electron chi connectivity index (χ0n) is 10.1. The van der Waals surface area contributed by atoms with Crippen LogP contribution in [0.2, 0.25) is 0 Å². The van der Waals surface area contributed by atoms with E-state index in [0.717, 1.165) is 12.1 Å². The van der Waals surface area contributed by atoms with Gasteiger partial charge in [0.25, 0.3) is 0 Å². The van der Waals surface area contributed by atoms with Crippen LogP contribution in [0.4, 0.5) is 5.69 Å². The fraction of sp³-hybridized carbons (Fsp3) is 0.200. The number of benzene rings is 2. The highest BCUT2D eigenvalue weighted by Crippen LogP contribution is 2.22. The molecule has 0 radical (unpaired) electrons. The monoisotopic (exact) mass is 352 g/mol. The van der Waals surface area contributed by atoms with E-state index in [1.54, 1.807) is 0 Å². The van der Waals surface area contributed by atoms with Crippen LogP contribution >= 0.6 is 22.6 Å². The van der Waals surface area contributed by atoms with Crippen molar-refractivity contribution in [2.75, 3.05) is 11.9 Å². The highest BCUT2D eigenvalue weighted by atomic mass is 127. The molecule has 1 atom stereocenters.